The van der Waals surface area contributed by atoms with Gasteiger partial charge in [-0.05, 0) is 51.0 Å². The van der Waals surface area contributed by atoms with Crippen LogP contribution in [0.2, 0.25) is 0 Å². The van der Waals surface area contributed by atoms with Gasteiger partial charge in [-0.2, -0.15) is 0 Å². The molecule has 0 heterocycles. The first-order valence-electron chi connectivity index (χ1n) is 8.72. The number of methoxy groups -OCH3 is 1. The molecule has 2 saturated carbocycles. The van der Waals surface area contributed by atoms with Gasteiger partial charge in [0.1, 0.15) is 0 Å². The van der Waals surface area contributed by atoms with E-state index < -0.39 is 0 Å². The lowest BCUT2D eigenvalue weighted by molar-refractivity contribution is 0.0867. The Hall–Kier alpha value is -0.120. The van der Waals surface area contributed by atoms with Crippen LogP contribution >= 0.6 is 0 Å². The van der Waals surface area contributed by atoms with E-state index in [-0.39, 0.29) is 0 Å². The summed E-state index contributed by atoms with van der Waals surface area (Å²) < 4.78 is 5.33. The second kappa shape index (κ2) is 8.35. The normalized spacial score (nSPS) is 28.8. The Kier molecular flexibility index (Phi) is 6.79. The number of hydrogen-bond donors (Lipinski definition) is 1. The molecule has 2 rings (SSSR count). The molecule has 3 nitrogen and oxygen atoms in total. The topological polar surface area (TPSA) is 24.5 Å². The van der Waals surface area contributed by atoms with Gasteiger partial charge < -0.3 is 10.1 Å². The summed E-state index contributed by atoms with van der Waals surface area (Å²) in [5, 5.41) is 3.72. The monoisotopic (exact) mass is 282 g/mol. The molecule has 3 unspecified atom stereocenters. The fourth-order valence-electron chi connectivity index (χ4n) is 3.80. The lowest BCUT2D eigenvalue weighted by Gasteiger charge is -2.38. The lowest BCUT2D eigenvalue weighted by atomic mass is 9.83. The van der Waals surface area contributed by atoms with Crippen molar-refractivity contribution >= 4 is 0 Å². The minimum Gasteiger partial charge on any atom is -0.383 e. The molecule has 0 aromatic rings. The van der Waals surface area contributed by atoms with Crippen LogP contribution in [0.5, 0.6) is 0 Å². The largest absolute Gasteiger partial charge is 0.383 e. The molecule has 1 N–H and O–H groups in total. The van der Waals surface area contributed by atoms with Crippen LogP contribution in [0.1, 0.15) is 52.4 Å². The molecule has 0 amide bonds. The first-order valence-corrected chi connectivity index (χ1v) is 8.72. The average molecular weight is 282 g/mol. The fourth-order valence-corrected chi connectivity index (χ4v) is 3.80. The zero-order chi connectivity index (χ0) is 14.4. The third-order valence-electron chi connectivity index (χ3n) is 5.31. The van der Waals surface area contributed by atoms with Crippen LogP contribution in [0.15, 0.2) is 0 Å². The highest BCUT2D eigenvalue weighted by Crippen LogP contribution is 2.36. The van der Waals surface area contributed by atoms with E-state index in [1.165, 1.54) is 45.1 Å². The van der Waals surface area contributed by atoms with Crippen molar-refractivity contribution in [3.63, 3.8) is 0 Å². The average Bonchev–Trinajstić information content (AvgIpc) is 3.29. The smallest absolute Gasteiger partial charge is 0.0589 e. The van der Waals surface area contributed by atoms with Gasteiger partial charge in [-0.25, -0.2) is 0 Å². The molecule has 0 saturated heterocycles. The molecule has 0 aliphatic heterocycles. The molecule has 0 aromatic heterocycles. The maximum Gasteiger partial charge on any atom is 0.0589 e. The fraction of sp³-hybridized carbons (Fsp3) is 1.00. The van der Waals surface area contributed by atoms with Gasteiger partial charge in [-0.3, -0.25) is 4.90 Å². The molecule has 3 heteroatoms. The molecule has 2 aliphatic carbocycles. The highest BCUT2D eigenvalue weighted by Gasteiger charge is 2.34. The Morgan fingerprint density at radius 3 is 2.60 bits per heavy atom. The molecule has 0 spiro atoms. The number of nitrogens with zero attached hydrogens (tertiary/aromatic N) is 1. The van der Waals surface area contributed by atoms with Crippen LogP contribution in [0, 0.1) is 11.8 Å². The summed E-state index contributed by atoms with van der Waals surface area (Å²) in [4.78, 5) is 2.71. The molecule has 0 bridgehead atoms. The van der Waals surface area contributed by atoms with Crippen molar-refractivity contribution in [3.8, 4) is 0 Å². The summed E-state index contributed by atoms with van der Waals surface area (Å²) in [6, 6.07) is 1.49. The Bertz CT molecular complexity index is 266. The number of rotatable bonds is 9. The first-order chi connectivity index (χ1) is 9.76. The zero-order valence-electron chi connectivity index (χ0n) is 13.7. The van der Waals surface area contributed by atoms with E-state index in [2.05, 4.69) is 24.1 Å². The molecule has 118 valence electrons. The minimum atomic E-state index is 0.741. The van der Waals surface area contributed by atoms with E-state index in [0.717, 1.165) is 43.6 Å². The van der Waals surface area contributed by atoms with Crippen molar-refractivity contribution in [1.29, 1.82) is 0 Å². The lowest BCUT2D eigenvalue weighted by Crippen LogP contribution is -2.47. The third kappa shape index (κ3) is 4.71. The molecule has 2 fully saturated rings. The standard InChI is InChI=1S/C17H34N2O/c1-4-18-17-8-6-5-7-16(17)13-19(11-12-20-3)14(2)15-9-10-15/h14-18H,4-13H2,1-3H3. The van der Waals surface area contributed by atoms with Crippen LogP contribution in [0.3, 0.4) is 0 Å². The van der Waals surface area contributed by atoms with E-state index in [1.807, 2.05) is 7.11 Å². The van der Waals surface area contributed by atoms with E-state index >= 15 is 0 Å². The van der Waals surface area contributed by atoms with Gasteiger partial charge in [0.05, 0.1) is 6.61 Å². The predicted octanol–water partition coefficient (Wildman–Crippen LogP) is 2.90. The summed E-state index contributed by atoms with van der Waals surface area (Å²) in [5.41, 5.74) is 0. The molecular weight excluding hydrogens is 248 g/mol. The molecule has 2 aliphatic rings. The minimum absolute atomic E-state index is 0.741. The van der Waals surface area contributed by atoms with Crippen molar-refractivity contribution in [2.24, 2.45) is 11.8 Å². The highest BCUT2D eigenvalue weighted by molar-refractivity contribution is 4.89. The summed E-state index contributed by atoms with van der Waals surface area (Å²) in [7, 11) is 1.82. The van der Waals surface area contributed by atoms with Crippen molar-refractivity contribution in [1.82, 2.24) is 10.2 Å². The Balaban J connectivity index is 1.89. The van der Waals surface area contributed by atoms with Gasteiger partial charge in [0.2, 0.25) is 0 Å². The van der Waals surface area contributed by atoms with Crippen LogP contribution in [-0.4, -0.2) is 50.3 Å². The number of ether oxygens (including phenoxy) is 1. The van der Waals surface area contributed by atoms with Gasteiger partial charge in [0.15, 0.2) is 0 Å². The Morgan fingerprint density at radius 1 is 1.20 bits per heavy atom. The van der Waals surface area contributed by atoms with Crippen LogP contribution in [0.25, 0.3) is 0 Å². The van der Waals surface area contributed by atoms with Gasteiger partial charge in [0, 0.05) is 32.3 Å². The molecule has 0 radical (unpaired) electrons. The van der Waals surface area contributed by atoms with Gasteiger partial charge in [0.25, 0.3) is 0 Å². The van der Waals surface area contributed by atoms with Crippen LogP contribution in [0.4, 0.5) is 0 Å². The second-order valence-corrected chi connectivity index (χ2v) is 6.77. The van der Waals surface area contributed by atoms with Crippen molar-refractivity contribution in [2.75, 3.05) is 33.4 Å². The third-order valence-corrected chi connectivity index (χ3v) is 5.31. The molecule has 0 aromatic carbocycles. The van der Waals surface area contributed by atoms with E-state index in [4.69, 9.17) is 4.74 Å². The van der Waals surface area contributed by atoms with Gasteiger partial charge in [-0.15, -0.1) is 0 Å². The van der Waals surface area contributed by atoms with E-state index in [1.54, 1.807) is 0 Å². The molecule has 20 heavy (non-hydrogen) atoms. The van der Waals surface area contributed by atoms with Crippen molar-refractivity contribution in [2.45, 2.75) is 64.5 Å². The van der Waals surface area contributed by atoms with E-state index in [9.17, 15) is 0 Å². The second-order valence-electron chi connectivity index (χ2n) is 6.77. The van der Waals surface area contributed by atoms with Crippen molar-refractivity contribution < 1.29 is 4.74 Å². The quantitative estimate of drug-likeness (QED) is 0.704. The van der Waals surface area contributed by atoms with Gasteiger partial charge >= 0.3 is 0 Å². The van der Waals surface area contributed by atoms with Gasteiger partial charge in [-0.1, -0.05) is 19.8 Å². The Morgan fingerprint density at radius 2 is 1.95 bits per heavy atom. The first kappa shape index (κ1) is 16.3. The zero-order valence-corrected chi connectivity index (χ0v) is 13.7. The summed E-state index contributed by atoms with van der Waals surface area (Å²) in [6.45, 7) is 9.01. The summed E-state index contributed by atoms with van der Waals surface area (Å²) in [5.74, 6) is 1.79. The summed E-state index contributed by atoms with van der Waals surface area (Å²) in [6.07, 6.45) is 8.47. The van der Waals surface area contributed by atoms with E-state index in [0.29, 0.717) is 0 Å². The predicted molar refractivity (Wildman–Crippen MR) is 85.1 cm³/mol. The molecule has 3 atom stereocenters. The summed E-state index contributed by atoms with van der Waals surface area (Å²) >= 11 is 0. The highest BCUT2D eigenvalue weighted by atomic mass is 16.5. The SMILES string of the molecule is CCNC1CCCCC1CN(CCOC)C(C)C1CC1. The maximum absolute atomic E-state index is 5.33. The molecular formula is C17H34N2O. The number of hydrogen-bond acceptors (Lipinski definition) is 3. The van der Waals surface area contributed by atoms with Crippen LogP contribution < -0.4 is 5.32 Å². The van der Waals surface area contributed by atoms with Crippen molar-refractivity contribution in [3.05, 3.63) is 0 Å². The van der Waals surface area contributed by atoms with Crippen LogP contribution in [-0.2, 0) is 4.74 Å². The Labute approximate surface area is 125 Å². The number of nitrogens with one attached hydrogen (secondary N) is 1. The maximum atomic E-state index is 5.33.